The molecule has 9 aromatic rings. The Labute approximate surface area is 520 Å². The molecule has 18 nitrogen and oxygen atoms in total. The van der Waals surface area contributed by atoms with E-state index in [0.717, 1.165) is 46.7 Å². The van der Waals surface area contributed by atoms with Gasteiger partial charge in [0.2, 0.25) is 11.8 Å². The summed E-state index contributed by atoms with van der Waals surface area (Å²) in [4.78, 5) is 80.1. The molecule has 0 spiro atoms. The number of carboxylic acid groups (broad SMARTS) is 1. The average Bonchev–Trinajstić information content (AvgIpc) is 4.31. The molecule has 85 heavy (non-hydrogen) atoms. The number of esters is 1. The Balaban J connectivity index is 0.000000160. The van der Waals surface area contributed by atoms with Crippen LogP contribution in [0.4, 0.5) is 9.59 Å². The highest BCUT2D eigenvalue weighted by Gasteiger charge is 2.45. The van der Waals surface area contributed by atoms with Crippen molar-refractivity contribution in [2.75, 3.05) is 20.2 Å². The van der Waals surface area contributed by atoms with Crippen LogP contribution in [-0.2, 0) is 23.8 Å². The number of carbonyl (C=O) groups is 4. The standard InChI is InChI=1S/C25H26BrN3O5.C24H24BrN3O5.C14H8BrClN2/c1-25(2,3)34-24(31)29-14-17(13-20(29)23(30)32-4)33-22-21(15-8-7-9-16(26)12-15)27-18-10-5-6-11-19(18)28-22;1-24(2,3)33-23(31)28-13-16(12-19(28)22(29)30)32-21-20(14-7-6-8-15(25)11-14)26-17-9-4-5-10-18(17)27-21;15-10-5-3-4-9(8-10)13-14(16)18-12-7-2-1-6-11(12)17-13/h5-12,17,20H,13-14H2,1-4H3;4-11,16,19H,12-13H2,1-3H3,(H,29,30);1-8H/t17-,20+;16-,19+;/m11./s1. The highest BCUT2D eigenvalue weighted by atomic mass is 79.9. The fourth-order valence-electron chi connectivity index (χ4n) is 9.30. The molecule has 2 saturated heterocycles. The van der Waals surface area contributed by atoms with Crippen LogP contribution < -0.4 is 9.47 Å². The third-order valence-electron chi connectivity index (χ3n) is 13.0. The van der Waals surface area contributed by atoms with E-state index in [1.807, 2.05) is 146 Å². The second-order valence-electron chi connectivity index (χ2n) is 21.7. The summed E-state index contributed by atoms with van der Waals surface area (Å²) in [7, 11) is 1.30. The quantitative estimate of drug-likeness (QED) is 0.105. The monoisotopic (exact) mass is 1360 g/mol. The van der Waals surface area contributed by atoms with Crippen LogP contribution in [0.3, 0.4) is 0 Å². The van der Waals surface area contributed by atoms with Crippen molar-refractivity contribution in [2.24, 2.45) is 0 Å². The number of carbonyl (C=O) groups excluding carboxylic acids is 3. The number of amides is 2. The SMILES string of the molecule is CC(C)(C)OC(=O)N1C[C@H](Oc2nc3ccccc3nc2-c2cccc(Br)c2)C[C@H]1C(=O)O.COC(=O)[C@@H]1C[C@@H](Oc2nc3ccccc3nc2-c2cccc(Br)c2)CN1C(=O)OC(C)(C)C.Clc1nc2ccccc2nc1-c1cccc(Br)c1. The second-order valence-corrected chi connectivity index (χ2v) is 24.8. The van der Waals surface area contributed by atoms with Crippen LogP contribution in [0.1, 0.15) is 54.4 Å². The average molecular weight is 1360 g/mol. The first-order valence-electron chi connectivity index (χ1n) is 26.9. The van der Waals surface area contributed by atoms with Gasteiger partial charge >= 0.3 is 24.1 Å². The number of aromatic nitrogens is 6. The van der Waals surface area contributed by atoms with Crippen LogP contribution >= 0.6 is 59.4 Å². The summed E-state index contributed by atoms with van der Waals surface area (Å²) in [5.74, 6) is -1.01. The van der Waals surface area contributed by atoms with Crippen molar-refractivity contribution in [2.45, 2.75) is 89.9 Å². The lowest BCUT2D eigenvalue weighted by Gasteiger charge is -2.27. The molecular formula is C63H58Br3ClN8O10. The molecule has 11 rings (SSSR count). The summed E-state index contributed by atoms with van der Waals surface area (Å²) in [5.41, 5.74) is 7.40. The van der Waals surface area contributed by atoms with Crippen molar-refractivity contribution in [3.8, 4) is 45.5 Å². The zero-order chi connectivity index (χ0) is 60.7. The summed E-state index contributed by atoms with van der Waals surface area (Å²) in [6.45, 7) is 10.8. The number of likely N-dealkylation sites (tertiary alicyclic amines) is 2. The molecule has 2 aliphatic heterocycles. The summed E-state index contributed by atoms with van der Waals surface area (Å²) in [6.07, 6.45) is -2.00. The first-order valence-corrected chi connectivity index (χ1v) is 29.6. The lowest BCUT2D eigenvalue weighted by Crippen LogP contribution is -2.44. The Kier molecular flexibility index (Phi) is 19.3. The van der Waals surface area contributed by atoms with E-state index in [0.29, 0.717) is 44.7 Å². The molecule has 4 atom stereocenters. The Morgan fingerprint density at radius 2 is 0.835 bits per heavy atom. The fraction of sp³-hybridized carbons (Fsp3) is 0.270. The molecule has 0 saturated carbocycles. The van der Waals surface area contributed by atoms with Crippen molar-refractivity contribution in [3.05, 3.63) is 164 Å². The van der Waals surface area contributed by atoms with E-state index < -0.39 is 59.6 Å². The minimum atomic E-state index is -1.11. The number of ether oxygens (including phenoxy) is 5. The highest BCUT2D eigenvalue weighted by molar-refractivity contribution is 9.11. The molecule has 0 unspecified atom stereocenters. The van der Waals surface area contributed by atoms with Crippen LogP contribution in [-0.4, -0.2) is 125 Å². The van der Waals surface area contributed by atoms with Crippen LogP contribution in [0.25, 0.3) is 66.9 Å². The van der Waals surface area contributed by atoms with E-state index in [4.69, 9.17) is 50.2 Å². The zero-order valence-corrected chi connectivity index (χ0v) is 52.7. The van der Waals surface area contributed by atoms with Crippen molar-refractivity contribution in [1.29, 1.82) is 0 Å². The van der Waals surface area contributed by atoms with Gasteiger partial charge in [-0.15, -0.1) is 0 Å². The van der Waals surface area contributed by atoms with E-state index in [2.05, 4.69) is 62.7 Å². The van der Waals surface area contributed by atoms with Gasteiger partial charge in [-0.1, -0.05) is 132 Å². The summed E-state index contributed by atoms with van der Waals surface area (Å²) < 4.78 is 31.1. The molecule has 0 radical (unpaired) electrons. The predicted octanol–water partition coefficient (Wildman–Crippen LogP) is 14.6. The first-order chi connectivity index (χ1) is 40.5. The van der Waals surface area contributed by atoms with Crippen molar-refractivity contribution in [3.63, 3.8) is 0 Å². The Hall–Kier alpha value is -7.85. The molecule has 1 N–H and O–H groups in total. The van der Waals surface area contributed by atoms with Gasteiger partial charge in [-0.05, 0) is 114 Å². The summed E-state index contributed by atoms with van der Waals surface area (Å²) >= 11 is 16.6. The molecule has 0 bridgehead atoms. The van der Waals surface area contributed by atoms with E-state index in [1.54, 1.807) is 41.5 Å². The largest absolute Gasteiger partial charge is 0.480 e. The second kappa shape index (κ2) is 26.6. The highest BCUT2D eigenvalue weighted by Crippen LogP contribution is 2.36. The molecule has 22 heteroatoms. The molecular weight excluding hydrogens is 1300 g/mol. The van der Waals surface area contributed by atoms with Gasteiger partial charge in [0.15, 0.2) is 5.15 Å². The van der Waals surface area contributed by atoms with E-state index >= 15 is 0 Å². The van der Waals surface area contributed by atoms with Gasteiger partial charge in [0.1, 0.15) is 52.6 Å². The summed E-state index contributed by atoms with van der Waals surface area (Å²) in [6, 6.07) is 44.0. The number of para-hydroxylation sites is 6. The van der Waals surface area contributed by atoms with Gasteiger partial charge in [0, 0.05) is 43.0 Å². The topological polar surface area (TPSA) is 218 Å². The maximum atomic E-state index is 12.8. The number of nitrogens with zero attached hydrogens (tertiary/aromatic N) is 8. The number of fused-ring (bicyclic) bond motifs is 3. The number of carboxylic acids is 1. The fourth-order valence-corrected chi connectivity index (χ4v) is 10.7. The minimum Gasteiger partial charge on any atom is -0.480 e. The third kappa shape index (κ3) is 15.7. The molecule has 2 aliphatic rings. The molecule has 0 aliphatic carbocycles. The molecule has 2 fully saturated rings. The zero-order valence-electron chi connectivity index (χ0n) is 47.2. The van der Waals surface area contributed by atoms with Gasteiger partial charge in [0.05, 0.1) is 53.3 Å². The normalized spacial score (nSPS) is 16.6. The molecule has 5 heterocycles. The van der Waals surface area contributed by atoms with Crippen LogP contribution in [0.2, 0.25) is 5.15 Å². The van der Waals surface area contributed by atoms with Gasteiger partial charge in [-0.25, -0.2) is 49.1 Å². The van der Waals surface area contributed by atoms with Crippen molar-refractivity contribution >= 4 is 117 Å². The number of methoxy groups -OCH3 is 1. The number of rotatable bonds is 9. The summed E-state index contributed by atoms with van der Waals surface area (Å²) in [5, 5.41) is 10.1. The number of benzene rings is 6. The van der Waals surface area contributed by atoms with E-state index in [1.165, 1.54) is 16.9 Å². The van der Waals surface area contributed by atoms with Gasteiger partial charge in [-0.3, -0.25) is 9.80 Å². The van der Waals surface area contributed by atoms with Gasteiger partial charge in [0.25, 0.3) is 0 Å². The Bertz CT molecular complexity index is 3960. The molecule has 6 aromatic carbocycles. The first kappa shape index (κ1) is 61.7. The van der Waals surface area contributed by atoms with Crippen molar-refractivity contribution < 1.29 is 48.0 Å². The maximum absolute atomic E-state index is 12.8. The number of halogens is 4. The minimum absolute atomic E-state index is 0.0678. The number of aliphatic carboxylic acids is 1. The molecule has 438 valence electrons. The maximum Gasteiger partial charge on any atom is 0.411 e. The third-order valence-corrected chi connectivity index (χ3v) is 14.7. The van der Waals surface area contributed by atoms with Gasteiger partial charge in [-0.2, -0.15) is 0 Å². The lowest BCUT2D eigenvalue weighted by atomic mass is 10.1. The lowest BCUT2D eigenvalue weighted by molar-refractivity contribution is -0.145. The predicted molar refractivity (Wildman–Crippen MR) is 334 cm³/mol. The Morgan fingerprint density at radius 3 is 1.20 bits per heavy atom. The van der Waals surface area contributed by atoms with Crippen LogP contribution in [0, 0.1) is 0 Å². The van der Waals surface area contributed by atoms with Gasteiger partial charge < -0.3 is 28.8 Å². The number of hydrogen-bond donors (Lipinski definition) is 1. The molecule has 3 aromatic heterocycles. The van der Waals surface area contributed by atoms with Crippen LogP contribution in [0.5, 0.6) is 11.8 Å². The Morgan fingerprint density at radius 1 is 0.494 bits per heavy atom. The van der Waals surface area contributed by atoms with E-state index in [-0.39, 0.29) is 31.8 Å². The van der Waals surface area contributed by atoms with Crippen molar-refractivity contribution in [1.82, 2.24) is 39.7 Å². The van der Waals surface area contributed by atoms with E-state index in [9.17, 15) is 24.3 Å². The van der Waals surface area contributed by atoms with Crippen LogP contribution in [0.15, 0.2) is 159 Å². The number of hydrogen-bond acceptors (Lipinski definition) is 15. The smallest absolute Gasteiger partial charge is 0.411 e. The molecule has 2 amide bonds.